The first-order chi connectivity index (χ1) is 14.5. The van der Waals surface area contributed by atoms with E-state index in [0.29, 0.717) is 19.7 Å². The molecule has 0 fully saturated rings. The Morgan fingerprint density at radius 2 is 1.73 bits per heavy atom. The second-order valence-electron chi connectivity index (χ2n) is 6.93. The van der Waals surface area contributed by atoms with Gasteiger partial charge in [0.1, 0.15) is 12.4 Å². The van der Waals surface area contributed by atoms with Crippen LogP contribution in [-0.2, 0) is 13.2 Å². The van der Waals surface area contributed by atoms with E-state index in [1.165, 1.54) is 17.7 Å². The molecular formula is C23H24BrN3O3. The first-order valence-corrected chi connectivity index (χ1v) is 10.5. The maximum Gasteiger partial charge on any atom is 0.269 e. The Bertz CT molecular complexity index is 976. The van der Waals surface area contributed by atoms with E-state index in [0.717, 1.165) is 33.6 Å². The number of nitrogens with one attached hydrogen (secondary N) is 2. The zero-order chi connectivity index (χ0) is 21.3. The highest BCUT2D eigenvalue weighted by atomic mass is 79.9. The van der Waals surface area contributed by atoms with E-state index in [9.17, 15) is 10.1 Å². The van der Waals surface area contributed by atoms with Gasteiger partial charge in [-0.15, -0.1) is 0 Å². The molecule has 0 bridgehead atoms. The molecule has 0 spiro atoms. The molecule has 156 valence electrons. The number of hydrogen-bond donors (Lipinski definition) is 2. The van der Waals surface area contributed by atoms with Crippen LogP contribution in [0.1, 0.15) is 16.7 Å². The predicted molar refractivity (Wildman–Crippen MR) is 123 cm³/mol. The molecule has 3 rings (SSSR count). The third-order valence-electron chi connectivity index (χ3n) is 4.56. The number of halogens is 1. The van der Waals surface area contributed by atoms with Gasteiger partial charge >= 0.3 is 0 Å². The number of aryl methyl sites for hydroxylation is 1. The fourth-order valence-corrected chi connectivity index (χ4v) is 3.30. The Morgan fingerprint density at radius 3 is 2.43 bits per heavy atom. The molecule has 0 amide bonds. The lowest BCUT2D eigenvalue weighted by Crippen LogP contribution is -2.22. The molecule has 30 heavy (non-hydrogen) atoms. The van der Waals surface area contributed by atoms with Crippen molar-refractivity contribution in [3.8, 4) is 5.75 Å². The average molecular weight is 470 g/mol. The van der Waals surface area contributed by atoms with Gasteiger partial charge in [0.15, 0.2) is 0 Å². The van der Waals surface area contributed by atoms with Crippen molar-refractivity contribution in [3.05, 3.63) is 98.0 Å². The van der Waals surface area contributed by atoms with Crippen LogP contribution in [0.5, 0.6) is 5.75 Å². The monoisotopic (exact) mass is 469 g/mol. The van der Waals surface area contributed by atoms with Crippen molar-refractivity contribution in [2.24, 2.45) is 0 Å². The number of nitro benzene ring substituents is 1. The summed E-state index contributed by atoms with van der Waals surface area (Å²) in [6.07, 6.45) is 0. The standard InChI is InChI=1S/C23H24BrN3O3/c1-17-2-4-18(5-3-17)16-30-23-11-6-20(24)14-19(23)15-25-12-13-26-21-7-9-22(10-8-21)27(28)29/h2-11,14,25-26H,12-13,15-16H2,1H3. The van der Waals surface area contributed by atoms with Gasteiger partial charge in [-0.2, -0.15) is 0 Å². The van der Waals surface area contributed by atoms with Crippen LogP contribution in [0.3, 0.4) is 0 Å². The fourth-order valence-electron chi connectivity index (χ4n) is 2.89. The maximum atomic E-state index is 10.7. The summed E-state index contributed by atoms with van der Waals surface area (Å²) < 4.78 is 7.05. The Kier molecular flexibility index (Phi) is 7.82. The Labute approximate surface area is 184 Å². The second kappa shape index (κ2) is 10.8. The zero-order valence-corrected chi connectivity index (χ0v) is 18.3. The number of hydrogen-bond acceptors (Lipinski definition) is 5. The van der Waals surface area contributed by atoms with E-state index in [4.69, 9.17) is 4.74 Å². The minimum absolute atomic E-state index is 0.0893. The number of nitro groups is 1. The summed E-state index contributed by atoms with van der Waals surface area (Å²) in [6.45, 7) is 4.70. The molecule has 0 aliphatic heterocycles. The number of benzene rings is 3. The van der Waals surface area contributed by atoms with Crippen LogP contribution in [0.15, 0.2) is 71.2 Å². The van der Waals surface area contributed by atoms with Crippen molar-refractivity contribution in [1.29, 1.82) is 0 Å². The van der Waals surface area contributed by atoms with Gasteiger partial charge < -0.3 is 15.4 Å². The van der Waals surface area contributed by atoms with Crippen molar-refractivity contribution in [1.82, 2.24) is 5.32 Å². The van der Waals surface area contributed by atoms with Crippen molar-refractivity contribution < 1.29 is 9.66 Å². The summed E-state index contributed by atoms with van der Waals surface area (Å²) in [7, 11) is 0. The third-order valence-corrected chi connectivity index (χ3v) is 5.06. The van der Waals surface area contributed by atoms with Crippen molar-refractivity contribution in [2.75, 3.05) is 18.4 Å². The highest BCUT2D eigenvalue weighted by Gasteiger charge is 2.06. The van der Waals surface area contributed by atoms with Crippen molar-refractivity contribution in [2.45, 2.75) is 20.1 Å². The summed E-state index contributed by atoms with van der Waals surface area (Å²) in [5.74, 6) is 0.856. The van der Waals surface area contributed by atoms with Crippen LogP contribution in [0.25, 0.3) is 0 Å². The Hall–Kier alpha value is -2.90. The molecule has 3 aromatic carbocycles. The van der Waals surface area contributed by atoms with E-state index in [1.54, 1.807) is 12.1 Å². The topological polar surface area (TPSA) is 76.4 Å². The highest BCUT2D eigenvalue weighted by Crippen LogP contribution is 2.24. The van der Waals surface area contributed by atoms with Crippen LogP contribution in [0, 0.1) is 17.0 Å². The minimum Gasteiger partial charge on any atom is -0.489 e. The number of non-ortho nitro benzene ring substituents is 1. The molecule has 6 nitrogen and oxygen atoms in total. The van der Waals surface area contributed by atoms with Gasteiger partial charge in [0.2, 0.25) is 0 Å². The average Bonchev–Trinajstić information content (AvgIpc) is 2.74. The van der Waals surface area contributed by atoms with E-state index in [-0.39, 0.29) is 5.69 Å². The van der Waals surface area contributed by atoms with E-state index in [1.807, 2.05) is 12.1 Å². The summed E-state index contributed by atoms with van der Waals surface area (Å²) in [6, 6.07) is 20.7. The molecule has 2 N–H and O–H groups in total. The summed E-state index contributed by atoms with van der Waals surface area (Å²) in [5, 5.41) is 17.4. The van der Waals surface area contributed by atoms with Crippen molar-refractivity contribution in [3.63, 3.8) is 0 Å². The molecule has 0 aromatic heterocycles. The molecule has 0 unspecified atom stereocenters. The SMILES string of the molecule is Cc1ccc(COc2ccc(Br)cc2CNCCNc2ccc([N+](=O)[O-])cc2)cc1. The number of ether oxygens (including phenoxy) is 1. The lowest BCUT2D eigenvalue weighted by molar-refractivity contribution is -0.384. The highest BCUT2D eigenvalue weighted by molar-refractivity contribution is 9.10. The van der Waals surface area contributed by atoms with Gasteiger partial charge in [0, 0.05) is 47.5 Å². The first-order valence-electron chi connectivity index (χ1n) is 9.67. The largest absolute Gasteiger partial charge is 0.489 e. The Morgan fingerprint density at radius 1 is 1.00 bits per heavy atom. The van der Waals surface area contributed by atoms with Gasteiger partial charge in [-0.1, -0.05) is 45.8 Å². The molecule has 0 atom stereocenters. The number of rotatable bonds is 10. The Balaban J connectivity index is 1.47. The molecule has 0 aliphatic rings. The smallest absolute Gasteiger partial charge is 0.269 e. The van der Waals surface area contributed by atoms with Gasteiger partial charge in [-0.25, -0.2) is 0 Å². The van der Waals surface area contributed by atoms with Gasteiger partial charge in [0.25, 0.3) is 5.69 Å². The van der Waals surface area contributed by atoms with E-state index < -0.39 is 4.92 Å². The molecule has 0 heterocycles. The van der Waals surface area contributed by atoms with Crippen LogP contribution >= 0.6 is 15.9 Å². The lowest BCUT2D eigenvalue weighted by atomic mass is 10.1. The lowest BCUT2D eigenvalue weighted by Gasteiger charge is -2.14. The van der Waals surface area contributed by atoms with Crippen LogP contribution < -0.4 is 15.4 Å². The molecule has 7 heteroatoms. The summed E-state index contributed by atoms with van der Waals surface area (Å²) in [4.78, 5) is 10.3. The first kappa shape index (κ1) is 21.8. The fraction of sp³-hybridized carbons (Fsp3) is 0.217. The maximum absolute atomic E-state index is 10.7. The number of anilines is 1. The molecule has 0 radical (unpaired) electrons. The van der Waals surface area contributed by atoms with Crippen LogP contribution in [0.4, 0.5) is 11.4 Å². The number of nitrogens with zero attached hydrogens (tertiary/aromatic N) is 1. The van der Waals surface area contributed by atoms with Crippen molar-refractivity contribution >= 4 is 27.3 Å². The van der Waals surface area contributed by atoms with Gasteiger partial charge in [-0.3, -0.25) is 10.1 Å². The van der Waals surface area contributed by atoms with Gasteiger partial charge in [0.05, 0.1) is 4.92 Å². The third kappa shape index (κ3) is 6.57. The predicted octanol–water partition coefficient (Wildman–Crippen LogP) is 5.45. The van der Waals surface area contributed by atoms with Crippen LogP contribution in [0.2, 0.25) is 0 Å². The van der Waals surface area contributed by atoms with E-state index in [2.05, 4.69) is 63.8 Å². The normalized spacial score (nSPS) is 10.6. The molecule has 0 aliphatic carbocycles. The minimum atomic E-state index is -0.401. The van der Waals surface area contributed by atoms with Gasteiger partial charge in [-0.05, 0) is 42.8 Å². The molecule has 0 saturated heterocycles. The van der Waals surface area contributed by atoms with Crippen LogP contribution in [-0.4, -0.2) is 18.0 Å². The summed E-state index contributed by atoms with van der Waals surface area (Å²) in [5.41, 5.74) is 4.38. The second-order valence-corrected chi connectivity index (χ2v) is 7.85. The molecule has 3 aromatic rings. The zero-order valence-electron chi connectivity index (χ0n) is 16.7. The van der Waals surface area contributed by atoms with E-state index >= 15 is 0 Å². The molecule has 0 saturated carbocycles. The quantitative estimate of drug-likeness (QED) is 0.234. The molecular weight excluding hydrogens is 446 g/mol. The summed E-state index contributed by atoms with van der Waals surface area (Å²) >= 11 is 3.53.